The van der Waals surface area contributed by atoms with Gasteiger partial charge in [-0.25, -0.2) is 14.3 Å². The minimum atomic E-state index is -0.398. The number of fused-ring (bicyclic) bond motifs is 1. The maximum Gasteiger partial charge on any atom is 0.350 e. The lowest BCUT2D eigenvalue weighted by molar-refractivity contribution is 0.0494. The van der Waals surface area contributed by atoms with Gasteiger partial charge in [0.25, 0.3) is 0 Å². The summed E-state index contributed by atoms with van der Waals surface area (Å²) >= 11 is 0. The van der Waals surface area contributed by atoms with Crippen LogP contribution in [0.25, 0.3) is 5.65 Å². The number of rotatable bonds is 7. The largest absolute Gasteiger partial charge is 0.494 e. The first-order valence-corrected chi connectivity index (χ1v) is 8.13. The van der Waals surface area contributed by atoms with E-state index in [9.17, 15) is 9.59 Å². The molecule has 0 fully saturated rings. The van der Waals surface area contributed by atoms with Gasteiger partial charge in [0, 0.05) is 19.2 Å². The summed E-state index contributed by atoms with van der Waals surface area (Å²) in [5.41, 5.74) is 0.862. The summed E-state index contributed by atoms with van der Waals surface area (Å²) in [6.07, 6.45) is 2.18. The molecule has 0 saturated heterocycles. The normalized spacial score (nSPS) is 10.8. The van der Waals surface area contributed by atoms with Gasteiger partial charge in [-0.15, -0.1) is 5.10 Å². The number of aromatic nitrogens is 3. The molecule has 0 radical (unpaired) electrons. The van der Waals surface area contributed by atoms with Gasteiger partial charge in [0.05, 0.1) is 18.8 Å². The molecule has 25 heavy (non-hydrogen) atoms. The Kier molecular flexibility index (Phi) is 5.13. The van der Waals surface area contributed by atoms with Crippen molar-refractivity contribution >= 4 is 11.6 Å². The van der Waals surface area contributed by atoms with E-state index in [1.54, 1.807) is 42.6 Å². The number of esters is 1. The molecule has 3 rings (SSSR count). The molecule has 0 N–H and O–H groups in total. The fourth-order valence-corrected chi connectivity index (χ4v) is 2.43. The van der Waals surface area contributed by atoms with Crippen LogP contribution in [0, 0.1) is 0 Å². The zero-order valence-electron chi connectivity index (χ0n) is 13.9. The van der Waals surface area contributed by atoms with Crippen molar-refractivity contribution in [2.45, 2.75) is 19.9 Å². The van der Waals surface area contributed by atoms with Gasteiger partial charge in [-0.2, -0.15) is 0 Å². The number of pyridine rings is 1. The Labute approximate surface area is 144 Å². The molecule has 0 aliphatic carbocycles. The molecule has 0 amide bonds. The fourth-order valence-electron chi connectivity index (χ4n) is 2.43. The van der Waals surface area contributed by atoms with Gasteiger partial charge >= 0.3 is 11.7 Å². The number of nitrogens with zero attached hydrogens (tertiary/aromatic N) is 3. The third kappa shape index (κ3) is 3.88. The van der Waals surface area contributed by atoms with Gasteiger partial charge in [0.2, 0.25) is 0 Å². The molecule has 0 spiro atoms. The summed E-state index contributed by atoms with van der Waals surface area (Å²) in [6, 6.07) is 12.2. The van der Waals surface area contributed by atoms with E-state index in [-0.39, 0.29) is 12.3 Å². The predicted molar refractivity (Wildman–Crippen MR) is 92.0 cm³/mol. The van der Waals surface area contributed by atoms with Crippen LogP contribution in [-0.2, 0) is 11.3 Å². The summed E-state index contributed by atoms with van der Waals surface area (Å²) in [5.74, 6) is 0.315. The Bertz CT molecular complexity index is 912. The standard InChI is InChI=1S/C18H19N3O4/c1-2-24-15-9-7-14(8-10-15)17(22)25-13-5-12-21-18(23)20-11-4-3-6-16(20)19-21/h3-4,6-11H,2,5,12-13H2,1H3. The monoisotopic (exact) mass is 341 g/mol. The summed E-state index contributed by atoms with van der Waals surface area (Å²) in [4.78, 5) is 24.1. The molecular formula is C18H19N3O4. The van der Waals surface area contributed by atoms with Crippen molar-refractivity contribution in [1.29, 1.82) is 0 Å². The molecule has 0 aliphatic rings. The van der Waals surface area contributed by atoms with Crippen molar-refractivity contribution in [3.8, 4) is 5.75 Å². The number of carbonyl (C=O) groups excluding carboxylic acids is 1. The third-order valence-corrected chi connectivity index (χ3v) is 3.64. The fraction of sp³-hybridized carbons (Fsp3) is 0.278. The van der Waals surface area contributed by atoms with E-state index < -0.39 is 5.97 Å². The lowest BCUT2D eigenvalue weighted by Crippen LogP contribution is -2.22. The number of benzene rings is 1. The van der Waals surface area contributed by atoms with Crippen LogP contribution < -0.4 is 10.4 Å². The van der Waals surface area contributed by atoms with Gasteiger partial charge in [0.15, 0.2) is 5.65 Å². The van der Waals surface area contributed by atoms with Gasteiger partial charge < -0.3 is 9.47 Å². The van der Waals surface area contributed by atoms with Crippen molar-refractivity contribution < 1.29 is 14.3 Å². The zero-order chi connectivity index (χ0) is 17.6. The molecule has 0 saturated carbocycles. The quantitative estimate of drug-likeness (QED) is 0.486. The SMILES string of the molecule is CCOc1ccc(C(=O)OCCCn2nc3ccccn3c2=O)cc1. The van der Waals surface area contributed by atoms with Gasteiger partial charge in [0.1, 0.15) is 5.75 Å². The molecule has 7 heteroatoms. The van der Waals surface area contributed by atoms with E-state index in [1.807, 2.05) is 13.0 Å². The lowest BCUT2D eigenvalue weighted by atomic mass is 10.2. The molecule has 2 heterocycles. The first-order chi connectivity index (χ1) is 12.2. The highest BCUT2D eigenvalue weighted by atomic mass is 16.5. The van der Waals surface area contributed by atoms with Crippen molar-refractivity contribution in [2.75, 3.05) is 13.2 Å². The number of hydrogen-bond acceptors (Lipinski definition) is 5. The molecule has 0 bridgehead atoms. The number of hydrogen-bond donors (Lipinski definition) is 0. The Morgan fingerprint density at radius 2 is 1.96 bits per heavy atom. The second-order valence-corrected chi connectivity index (χ2v) is 5.38. The van der Waals surface area contributed by atoms with Crippen molar-refractivity contribution in [1.82, 2.24) is 14.2 Å². The molecule has 130 valence electrons. The molecule has 0 atom stereocenters. The van der Waals surface area contributed by atoms with Crippen LogP contribution in [0.1, 0.15) is 23.7 Å². The summed E-state index contributed by atoms with van der Waals surface area (Å²) in [6.45, 7) is 3.08. The Balaban J connectivity index is 1.51. The zero-order valence-corrected chi connectivity index (χ0v) is 13.9. The van der Waals surface area contributed by atoms with Crippen LogP contribution in [0.15, 0.2) is 53.5 Å². The van der Waals surface area contributed by atoms with E-state index in [1.165, 1.54) is 9.08 Å². The van der Waals surface area contributed by atoms with Crippen LogP contribution in [0.4, 0.5) is 0 Å². The lowest BCUT2D eigenvalue weighted by Gasteiger charge is -2.06. The maximum atomic E-state index is 12.1. The molecule has 1 aromatic carbocycles. The minimum absolute atomic E-state index is 0.201. The van der Waals surface area contributed by atoms with E-state index in [0.717, 1.165) is 0 Å². The second-order valence-electron chi connectivity index (χ2n) is 5.38. The van der Waals surface area contributed by atoms with E-state index in [2.05, 4.69) is 5.10 Å². The minimum Gasteiger partial charge on any atom is -0.494 e. The summed E-state index contributed by atoms with van der Waals surface area (Å²) in [5, 5.41) is 4.23. The van der Waals surface area contributed by atoms with Crippen molar-refractivity contribution in [2.24, 2.45) is 0 Å². The van der Waals surface area contributed by atoms with Crippen LogP contribution in [0.2, 0.25) is 0 Å². The van der Waals surface area contributed by atoms with E-state index in [0.29, 0.717) is 36.5 Å². The van der Waals surface area contributed by atoms with E-state index in [4.69, 9.17) is 9.47 Å². The molecule has 2 aromatic heterocycles. The molecule has 0 unspecified atom stereocenters. The predicted octanol–water partition coefficient (Wildman–Crippen LogP) is 2.14. The van der Waals surface area contributed by atoms with Crippen molar-refractivity contribution in [3.05, 3.63) is 64.7 Å². The number of ether oxygens (including phenoxy) is 2. The highest BCUT2D eigenvalue weighted by Gasteiger charge is 2.09. The average Bonchev–Trinajstić information content (AvgIpc) is 2.96. The summed E-state index contributed by atoms with van der Waals surface area (Å²) < 4.78 is 13.4. The molecule has 0 aliphatic heterocycles. The average molecular weight is 341 g/mol. The molecule has 7 nitrogen and oxygen atoms in total. The van der Waals surface area contributed by atoms with Gasteiger partial charge in [-0.3, -0.25) is 4.40 Å². The van der Waals surface area contributed by atoms with Gasteiger partial charge in [-0.1, -0.05) is 6.07 Å². The topological polar surface area (TPSA) is 74.8 Å². The van der Waals surface area contributed by atoms with Gasteiger partial charge in [-0.05, 0) is 43.3 Å². The Morgan fingerprint density at radius 3 is 2.68 bits per heavy atom. The smallest absolute Gasteiger partial charge is 0.350 e. The molecular weight excluding hydrogens is 322 g/mol. The van der Waals surface area contributed by atoms with Crippen LogP contribution in [0.3, 0.4) is 0 Å². The first kappa shape index (κ1) is 16.8. The molecule has 3 aromatic rings. The summed E-state index contributed by atoms with van der Waals surface area (Å²) in [7, 11) is 0. The van der Waals surface area contributed by atoms with Crippen LogP contribution in [0.5, 0.6) is 5.75 Å². The highest BCUT2D eigenvalue weighted by Crippen LogP contribution is 2.12. The first-order valence-electron chi connectivity index (χ1n) is 8.13. The van der Waals surface area contributed by atoms with E-state index >= 15 is 0 Å². The maximum absolute atomic E-state index is 12.1. The Morgan fingerprint density at radius 1 is 1.16 bits per heavy atom. The van der Waals surface area contributed by atoms with Crippen LogP contribution >= 0.6 is 0 Å². The second kappa shape index (κ2) is 7.65. The van der Waals surface area contributed by atoms with Crippen molar-refractivity contribution in [3.63, 3.8) is 0 Å². The number of carbonyl (C=O) groups is 1. The third-order valence-electron chi connectivity index (χ3n) is 3.64. The Hall–Kier alpha value is -3.09. The van der Waals surface area contributed by atoms with Crippen LogP contribution in [-0.4, -0.2) is 33.4 Å². The highest BCUT2D eigenvalue weighted by molar-refractivity contribution is 5.89. The number of aryl methyl sites for hydroxylation is 1.